The first-order valence-electron chi connectivity index (χ1n) is 9.81. The predicted molar refractivity (Wildman–Crippen MR) is 127 cm³/mol. The Morgan fingerprint density at radius 1 is 0.900 bits per heavy atom. The number of hydrogen-bond donors (Lipinski definition) is 2. The third-order valence-electron chi connectivity index (χ3n) is 4.30. The minimum atomic E-state index is -0.283. The van der Waals surface area contributed by atoms with Crippen molar-refractivity contribution in [2.24, 2.45) is 0 Å². The lowest BCUT2D eigenvalue weighted by molar-refractivity contribution is -0.115. The van der Waals surface area contributed by atoms with Crippen molar-refractivity contribution in [2.45, 2.75) is 12.8 Å². The third-order valence-corrected chi connectivity index (χ3v) is 4.50. The second-order valence-corrected chi connectivity index (χ2v) is 7.06. The number of amides is 1. The molecule has 0 aromatic heterocycles. The number of rotatable bonds is 8. The van der Waals surface area contributed by atoms with Crippen molar-refractivity contribution < 1.29 is 9.53 Å². The predicted octanol–water partition coefficient (Wildman–Crippen LogP) is 5.22. The molecule has 1 amide bonds. The summed E-state index contributed by atoms with van der Waals surface area (Å²) in [6.45, 7) is 0.657. The van der Waals surface area contributed by atoms with Gasteiger partial charge in [0.05, 0.1) is 6.61 Å². The van der Waals surface area contributed by atoms with Crippen molar-refractivity contribution in [3.63, 3.8) is 0 Å². The highest BCUT2D eigenvalue weighted by molar-refractivity contribution is 7.80. The Morgan fingerprint density at radius 3 is 2.27 bits per heavy atom. The Balaban J connectivity index is 1.38. The van der Waals surface area contributed by atoms with Gasteiger partial charge in [0.15, 0.2) is 5.11 Å². The van der Waals surface area contributed by atoms with Gasteiger partial charge in [-0.25, -0.2) is 0 Å². The van der Waals surface area contributed by atoms with E-state index in [-0.39, 0.29) is 11.0 Å². The Hall–Kier alpha value is -3.44. The SMILES string of the molecule is O=C(/C=C/c1ccccc1)NC(=S)Nc1ccc(OCCCc2ccccc2)cc1. The number of benzene rings is 3. The normalized spacial score (nSPS) is 10.5. The Morgan fingerprint density at radius 2 is 1.57 bits per heavy atom. The van der Waals surface area contributed by atoms with E-state index in [4.69, 9.17) is 17.0 Å². The summed E-state index contributed by atoms with van der Waals surface area (Å²) in [7, 11) is 0. The van der Waals surface area contributed by atoms with Crippen molar-refractivity contribution in [1.82, 2.24) is 5.32 Å². The molecule has 4 nitrogen and oxygen atoms in total. The van der Waals surface area contributed by atoms with E-state index in [1.807, 2.05) is 72.8 Å². The molecule has 3 aromatic rings. The van der Waals surface area contributed by atoms with Crippen LogP contribution in [0.25, 0.3) is 6.08 Å². The summed E-state index contributed by atoms with van der Waals surface area (Å²) in [5.41, 5.74) is 3.05. The van der Waals surface area contributed by atoms with E-state index in [1.54, 1.807) is 6.08 Å². The number of ether oxygens (including phenoxy) is 1. The molecule has 0 unspecified atom stereocenters. The molecule has 5 heteroatoms. The Labute approximate surface area is 182 Å². The average molecular weight is 417 g/mol. The van der Waals surface area contributed by atoms with Crippen molar-refractivity contribution >= 4 is 35.0 Å². The van der Waals surface area contributed by atoms with Gasteiger partial charge in [0, 0.05) is 11.8 Å². The zero-order chi connectivity index (χ0) is 21.0. The van der Waals surface area contributed by atoms with E-state index in [0.717, 1.165) is 29.8 Å². The highest BCUT2D eigenvalue weighted by Crippen LogP contribution is 2.16. The summed E-state index contributed by atoms with van der Waals surface area (Å²) in [4.78, 5) is 12.0. The molecule has 0 bridgehead atoms. The number of carbonyl (C=O) groups is 1. The van der Waals surface area contributed by atoms with Crippen LogP contribution in [-0.4, -0.2) is 17.6 Å². The van der Waals surface area contributed by atoms with Crippen LogP contribution in [0.1, 0.15) is 17.5 Å². The first kappa shape index (κ1) is 21.3. The quantitative estimate of drug-likeness (QED) is 0.300. The van der Waals surface area contributed by atoms with Gasteiger partial charge in [0.1, 0.15) is 5.75 Å². The van der Waals surface area contributed by atoms with Crippen molar-refractivity contribution in [3.8, 4) is 5.75 Å². The van der Waals surface area contributed by atoms with Crippen LogP contribution >= 0.6 is 12.2 Å². The topological polar surface area (TPSA) is 50.4 Å². The van der Waals surface area contributed by atoms with Gasteiger partial charge < -0.3 is 10.1 Å². The molecule has 0 aliphatic rings. The fraction of sp³-hybridized carbons (Fsp3) is 0.120. The van der Waals surface area contributed by atoms with E-state index in [2.05, 4.69) is 22.8 Å². The molecule has 3 aromatic carbocycles. The molecule has 0 spiro atoms. The summed E-state index contributed by atoms with van der Waals surface area (Å²) in [6.07, 6.45) is 5.14. The molecule has 3 rings (SSSR count). The molecule has 0 saturated carbocycles. The van der Waals surface area contributed by atoms with Crippen LogP contribution in [0.2, 0.25) is 0 Å². The van der Waals surface area contributed by atoms with Crippen LogP contribution in [0.4, 0.5) is 5.69 Å². The lowest BCUT2D eigenvalue weighted by atomic mass is 10.1. The largest absolute Gasteiger partial charge is 0.494 e. The Bertz CT molecular complexity index is 971. The van der Waals surface area contributed by atoms with E-state index in [1.165, 1.54) is 11.6 Å². The van der Waals surface area contributed by atoms with Crippen molar-refractivity contribution in [2.75, 3.05) is 11.9 Å². The molecule has 0 aliphatic carbocycles. The average Bonchev–Trinajstić information content (AvgIpc) is 2.78. The van der Waals surface area contributed by atoms with Crippen molar-refractivity contribution in [1.29, 1.82) is 0 Å². The number of nitrogens with one attached hydrogen (secondary N) is 2. The number of anilines is 1. The number of aryl methyl sites for hydroxylation is 1. The minimum Gasteiger partial charge on any atom is -0.494 e. The third kappa shape index (κ3) is 7.53. The summed E-state index contributed by atoms with van der Waals surface area (Å²) < 4.78 is 5.79. The zero-order valence-electron chi connectivity index (χ0n) is 16.6. The number of hydrogen-bond acceptors (Lipinski definition) is 3. The van der Waals surface area contributed by atoms with Gasteiger partial charge in [-0.15, -0.1) is 0 Å². The van der Waals surface area contributed by atoms with Crippen LogP contribution in [0.5, 0.6) is 5.75 Å². The first-order valence-corrected chi connectivity index (χ1v) is 10.2. The molecule has 0 radical (unpaired) electrons. The monoisotopic (exact) mass is 416 g/mol. The smallest absolute Gasteiger partial charge is 0.250 e. The second-order valence-electron chi connectivity index (χ2n) is 6.65. The van der Waals surface area contributed by atoms with Crippen LogP contribution in [0, 0.1) is 0 Å². The van der Waals surface area contributed by atoms with Gasteiger partial charge in [-0.3, -0.25) is 10.1 Å². The van der Waals surface area contributed by atoms with E-state index in [9.17, 15) is 4.79 Å². The molecule has 2 N–H and O–H groups in total. The standard InChI is InChI=1S/C25H24N2O2S/c28-24(18-13-21-10-5-2-6-11-21)27-25(30)26-22-14-16-23(17-15-22)29-19-7-12-20-8-3-1-4-9-20/h1-6,8-11,13-18H,7,12,19H2,(H2,26,27,28,30)/b18-13+. The molecule has 0 aliphatic heterocycles. The van der Waals surface area contributed by atoms with Gasteiger partial charge in [-0.2, -0.15) is 0 Å². The van der Waals surface area contributed by atoms with Gasteiger partial charge in [-0.1, -0.05) is 60.7 Å². The zero-order valence-corrected chi connectivity index (χ0v) is 17.4. The fourth-order valence-electron chi connectivity index (χ4n) is 2.80. The van der Waals surface area contributed by atoms with E-state index in [0.29, 0.717) is 6.61 Å². The molecule has 0 heterocycles. The number of carbonyl (C=O) groups excluding carboxylic acids is 1. The summed E-state index contributed by atoms with van der Waals surface area (Å²) in [5.74, 6) is 0.518. The fourth-order valence-corrected chi connectivity index (χ4v) is 3.02. The molecule has 30 heavy (non-hydrogen) atoms. The maximum absolute atomic E-state index is 12.0. The molecule has 0 saturated heterocycles. The van der Waals surface area contributed by atoms with Gasteiger partial charge >= 0.3 is 0 Å². The second kappa shape index (κ2) is 11.5. The van der Waals surface area contributed by atoms with Crippen LogP contribution in [-0.2, 0) is 11.2 Å². The molecular formula is C25H24N2O2S. The van der Waals surface area contributed by atoms with Crippen LogP contribution in [0.15, 0.2) is 91.0 Å². The van der Waals surface area contributed by atoms with E-state index < -0.39 is 0 Å². The van der Waals surface area contributed by atoms with Crippen LogP contribution in [0.3, 0.4) is 0 Å². The van der Waals surface area contributed by atoms with Gasteiger partial charge in [0.25, 0.3) is 0 Å². The van der Waals surface area contributed by atoms with Gasteiger partial charge in [0.2, 0.25) is 5.91 Å². The molecule has 152 valence electrons. The summed E-state index contributed by atoms with van der Waals surface area (Å²) in [6, 6.07) is 27.5. The molecule has 0 fully saturated rings. The van der Waals surface area contributed by atoms with Crippen molar-refractivity contribution in [3.05, 3.63) is 102 Å². The number of thiocarbonyl (C=S) groups is 1. The highest BCUT2D eigenvalue weighted by Gasteiger charge is 2.02. The van der Waals surface area contributed by atoms with E-state index >= 15 is 0 Å². The molecule has 0 atom stereocenters. The summed E-state index contributed by atoms with van der Waals surface area (Å²) in [5, 5.41) is 5.88. The lowest BCUT2D eigenvalue weighted by Gasteiger charge is -2.10. The molecular weight excluding hydrogens is 392 g/mol. The maximum atomic E-state index is 12.0. The maximum Gasteiger partial charge on any atom is 0.250 e. The Kier molecular flexibility index (Phi) is 8.18. The lowest BCUT2D eigenvalue weighted by Crippen LogP contribution is -2.32. The minimum absolute atomic E-state index is 0.245. The highest BCUT2D eigenvalue weighted by atomic mass is 32.1. The van der Waals surface area contributed by atoms with Gasteiger partial charge in [-0.05, 0) is 66.5 Å². The first-order chi connectivity index (χ1) is 14.7. The van der Waals surface area contributed by atoms with Crippen LogP contribution < -0.4 is 15.4 Å². The summed E-state index contributed by atoms with van der Waals surface area (Å²) >= 11 is 5.20.